The maximum Gasteiger partial charge on any atom is 0.190 e. The van der Waals surface area contributed by atoms with Crippen molar-refractivity contribution in [1.82, 2.24) is 14.8 Å². The Bertz CT molecular complexity index is 588. The van der Waals surface area contributed by atoms with Crippen LogP contribution in [0.2, 0.25) is 0 Å². The van der Waals surface area contributed by atoms with E-state index in [9.17, 15) is 8.42 Å². The van der Waals surface area contributed by atoms with Gasteiger partial charge in [-0.2, -0.15) is 5.26 Å². The zero-order valence-electron chi connectivity index (χ0n) is 10.7. The van der Waals surface area contributed by atoms with Crippen LogP contribution in [-0.2, 0) is 16.9 Å². The first kappa shape index (κ1) is 14.3. The maximum absolute atomic E-state index is 11.5. The van der Waals surface area contributed by atoms with Crippen LogP contribution in [0.3, 0.4) is 0 Å². The van der Waals surface area contributed by atoms with Crippen LogP contribution in [0.15, 0.2) is 5.16 Å². The minimum Gasteiger partial charge on any atom is -0.309 e. The second kappa shape index (κ2) is 5.92. The van der Waals surface area contributed by atoms with E-state index in [0.717, 1.165) is 23.2 Å². The van der Waals surface area contributed by atoms with Crippen LogP contribution in [0.1, 0.15) is 31.0 Å². The van der Waals surface area contributed by atoms with E-state index in [0.29, 0.717) is 12.8 Å². The molecule has 0 saturated carbocycles. The average molecular weight is 300 g/mol. The highest BCUT2D eigenvalue weighted by molar-refractivity contribution is 7.99. The molecule has 19 heavy (non-hydrogen) atoms. The average Bonchev–Trinajstić information content (AvgIpc) is 2.89. The van der Waals surface area contributed by atoms with E-state index in [1.807, 2.05) is 11.6 Å². The molecule has 0 aliphatic carbocycles. The molecule has 6 nitrogen and oxygen atoms in total. The van der Waals surface area contributed by atoms with E-state index >= 15 is 0 Å². The van der Waals surface area contributed by atoms with Crippen LogP contribution in [-0.4, -0.2) is 40.4 Å². The highest BCUT2D eigenvalue weighted by Gasteiger charge is 2.32. The number of hydrogen-bond acceptors (Lipinski definition) is 6. The monoisotopic (exact) mass is 300 g/mol. The van der Waals surface area contributed by atoms with E-state index in [2.05, 4.69) is 16.3 Å². The molecule has 0 amide bonds. The number of nitriles is 1. The van der Waals surface area contributed by atoms with Gasteiger partial charge in [0.1, 0.15) is 5.82 Å². The third-order valence-corrected chi connectivity index (χ3v) is 6.00. The summed E-state index contributed by atoms with van der Waals surface area (Å²) < 4.78 is 24.8. The van der Waals surface area contributed by atoms with Crippen LogP contribution in [0.25, 0.3) is 0 Å². The number of unbranched alkanes of at least 4 members (excludes halogenated alkanes) is 1. The first-order valence-electron chi connectivity index (χ1n) is 6.13. The lowest BCUT2D eigenvalue weighted by atomic mass is 10.1. The van der Waals surface area contributed by atoms with Crippen molar-refractivity contribution in [1.29, 1.82) is 5.26 Å². The highest BCUT2D eigenvalue weighted by Crippen LogP contribution is 2.29. The number of nitrogens with zero attached hydrogens (tertiary/aromatic N) is 4. The van der Waals surface area contributed by atoms with Crippen molar-refractivity contribution in [3.63, 3.8) is 0 Å². The summed E-state index contributed by atoms with van der Waals surface area (Å²) in [6, 6.07) is 2.10. The Morgan fingerprint density at radius 3 is 2.95 bits per heavy atom. The number of aromatic nitrogens is 3. The van der Waals surface area contributed by atoms with Crippen molar-refractivity contribution < 1.29 is 8.42 Å². The van der Waals surface area contributed by atoms with Gasteiger partial charge in [0.05, 0.1) is 17.6 Å². The maximum atomic E-state index is 11.5. The molecule has 1 aromatic rings. The predicted molar refractivity (Wildman–Crippen MR) is 72.6 cm³/mol. The fourth-order valence-electron chi connectivity index (χ4n) is 2.12. The SMILES string of the molecule is Cn1c(SCCCC#N)nnc1[C@H]1CCS(=O)(=O)C1. The van der Waals surface area contributed by atoms with E-state index in [-0.39, 0.29) is 17.4 Å². The summed E-state index contributed by atoms with van der Waals surface area (Å²) in [6.07, 6.45) is 1.99. The Kier molecular flexibility index (Phi) is 4.47. The van der Waals surface area contributed by atoms with Crippen LogP contribution in [0.4, 0.5) is 0 Å². The van der Waals surface area contributed by atoms with Crippen molar-refractivity contribution in [2.24, 2.45) is 7.05 Å². The fraction of sp³-hybridized carbons (Fsp3) is 0.727. The molecule has 1 aliphatic heterocycles. The van der Waals surface area contributed by atoms with Crippen molar-refractivity contribution in [2.75, 3.05) is 17.3 Å². The lowest BCUT2D eigenvalue weighted by molar-refractivity contribution is 0.599. The van der Waals surface area contributed by atoms with Crippen molar-refractivity contribution >= 4 is 21.6 Å². The van der Waals surface area contributed by atoms with Crippen molar-refractivity contribution in [3.8, 4) is 6.07 Å². The van der Waals surface area contributed by atoms with E-state index in [1.54, 1.807) is 11.8 Å². The summed E-state index contributed by atoms with van der Waals surface area (Å²) in [7, 11) is -1.03. The van der Waals surface area contributed by atoms with Gasteiger partial charge in [0.2, 0.25) is 0 Å². The van der Waals surface area contributed by atoms with Gasteiger partial charge in [0.25, 0.3) is 0 Å². The normalized spacial score (nSPS) is 21.4. The van der Waals surface area contributed by atoms with Crippen LogP contribution >= 0.6 is 11.8 Å². The topological polar surface area (TPSA) is 88.6 Å². The molecule has 0 N–H and O–H groups in total. The molecule has 0 radical (unpaired) electrons. The molecular weight excluding hydrogens is 284 g/mol. The lowest BCUT2D eigenvalue weighted by Gasteiger charge is -2.07. The first-order valence-corrected chi connectivity index (χ1v) is 8.93. The third kappa shape index (κ3) is 3.48. The van der Waals surface area contributed by atoms with E-state index in [4.69, 9.17) is 5.26 Å². The number of thioether (sulfide) groups is 1. The van der Waals surface area contributed by atoms with Gasteiger partial charge >= 0.3 is 0 Å². The second-order valence-electron chi connectivity index (χ2n) is 4.61. The van der Waals surface area contributed by atoms with Gasteiger partial charge in [-0.25, -0.2) is 8.42 Å². The molecule has 1 fully saturated rings. The second-order valence-corrected chi connectivity index (χ2v) is 7.90. The van der Waals surface area contributed by atoms with Gasteiger partial charge in [-0.05, 0) is 12.8 Å². The molecule has 8 heteroatoms. The molecule has 1 saturated heterocycles. The molecular formula is C11H16N4O2S2. The fourth-order valence-corrected chi connectivity index (χ4v) is 4.72. The minimum atomic E-state index is -2.90. The molecule has 2 rings (SSSR count). The number of sulfone groups is 1. The quantitative estimate of drug-likeness (QED) is 0.598. The molecule has 0 aromatic carbocycles. The first-order chi connectivity index (χ1) is 9.03. The van der Waals surface area contributed by atoms with Crippen molar-refractivity contribution in [2.45, 2.75) is 30.3 Å². The van der Waals surface area contributed by atoms with Gasteiger partial charge in [-0.3, -0.25) is 0 Å². The molecule has 1 atom stereocenters. The minimum absolute atomic E-state index is 0.0315. The van der Waals surface area contributed by atoms with Crippen LogP contribution < -0.4 is 0 Å². The van der Waals surface area contributed by atoms with Crippen LogP contribution in [0, 0.1) is 11.3 Å². The summed E-state index contributed by atoms with van der Waals surface area (Å²) >= 11 is 1.56. The van der Waals surface area contributed by atoms with E-state index < -0.39 is 9.84 Å². The van der Waals surface area contributed by atoms with Crippen molar-refractivity contribution in [3.05, 3.63) is 5.82 Å². The van der Waals surface area contributed by atoms with Gasteiger partial charge < -0.3 is 4.57 Å². The summed E-state index contributed by atoms with van der Waals surface area (Å²) in [4.78, 5) is 0. The smallest absolute Gasteiger partial charge is 0.190 e. The Morgan fingerprint density at radius 2 is 2.32 bits per heavy atom. The summed E-state index contributed by atoms with van der Waals surface area (Å²) in [5.41, 5.74) is 0. The molecule has 1 aromatic heterocycles. The van der Waals surface area contributed by atoms with Gasteiger partial charge in [-0.1, -0.05) is 11.8 Å². The summed E-state index contributed by atoms with van der Waals surface area (Å²) in [6.45, 7) is 0. The predicted octanol–water partition coefficient (Wildman–Crippen LogP) is 1.11. The zero-order chi connectivity index (χ0) is 13.9. The summed E-state index contributed by atoms with van der Waals surface area (Å²) in [5.74, 6) is 1.97. The molecule has 104 valence electrons. The van der Waals surface area contributed by atoms with E-state index in [1.165, 1.54) is 0 Å². The molecule has 0 bridgehead atoms. The Hall–Kier alpha value is -1.07. The van der Waals surface area contributed by atoms with Crippen LogP contribution in [0.5, 0.6) is 0 Å². The molecule has 1 aliphatic rings. The van der Waals surface area contributed by atoms with Gasteiger partial charge in [0.15, 0.2) is 15.0 Å². The molecule has 0 unspecified atom stereocenters. The summed E-state index contributed by atoms with van der Waals surface area (Å²) in [5, 5.41) is 17.5. The Balaban J connectivity index is 2.01. The Labute approximate surface area is 117 Å². The lowest BCUT2D eigenvalue weighted by Crippen LogP contribution is -2.09. The number of hydrogen-bond donors (Lipinski definition) is 0. The highest BCUT2D eigenvalue weighted by atomic mass is 32.2. The molecule has 2 heterocycles. The largest absolute Gasteiger partial charge is 0.309 e. The third-order valence-electron chi connectivity index (χ3n) is 3.13. The molecule has 0 spiro atoms. The zero-order valence-corrected chi connectivity index (χ0v) is 12.4. The van der Waals surface area contributed by atoms with Gasteiger partial charge in [0, 0.05) is 25.1 Å². The van der Waals surface area contributed by atoms with Gasteiger partial charge in [-0.15, -0.1) is 10.2 Å². The number of rotatable bonds is 5. The standard InChI is InChI=1S/C11H16N4O2S2/c1-15-10(9-4-7-19(16,17)8-9)13-14-11(15)18-6-3-2-5-12/h9H,2-4,6-8H2,1H3/t9-/m0/s1. The Morgan fingerprint density at radius 1 is 1.53 bits per heavy atom.